The van der Waals surface area contributed by atoms with Gasteiger partial charge in [0.15, 0.2) is 5.13 Å². The highest BCUT2D eigenvalue weighted by Gasteiger charge is 2.26. The monoisotopic (exact) mass is 438 g/mol. The number of nitrogens with zero attached hydrogens (tertiary/aromatic N) is 4. The van der Waals surface area contributed by atoms with Gasteiger partial charge in [0.25, 0.3) is 11.6 Å². The van der Waals surface area contributed by atoms with Crippen LogP contribution in [0, 0.1) is 17.0 Å². The minimum atomic E-state index is -0.491. The normalized spacial score (nSPS) is 10.9. The first kappa shape index (κ1) is 19.9. The Morgan fingerprint density at radius 2 is 2.03 bits per heavy atom. The summed E-state index contributed by atoms with van der Waals surface area (Å²) in [6, 6.07) is 15.2. The SMILES string of the molecule is Cc1c(C(=O)N(Cc2ccccn2)c2nc3ccc(Cl)cc3s2)cccc1[N+](=O)[O-]. The number of halogens is 1. The third-order valence-electron chi connectivity index (χ3n) is 4.59. The Morgan fingerprint density at radius 3 is 2.77 bits per heavy atom. The van der Waals surface area contributed by atoms with Crippen molar-refractivity contribution in [2.24, 2.45) is 0 Å². The molecule has 2 heterocycles. The van der Waals surface area contributed by atoms with Crippen molar-refractivity contribution in [2.75, 3.05) is 4.90 Å². The number of fused-ring (bicyclic) bond motifs is 1. The molecule has 0 aliphatic heterocycles. The van der Waals surface area contributed by atoms with Crippen LogP contribution in [0.25, 0.3) is 10.2 Å². The number of hydrogen-bond donors (Lipinski definition) is 0. The van der Waals surface area contributed by atoms with Crippen LogP contribution in [-0.4, -0.2) is 20.8 Å². The van der Waals surface area contributed by atoms with E-state index in [4.69, 9.17) is 11.6 Å². The van der Waals surface area contributed by atoms with Crippen LogP contribution in [0.4, 0.5) is 10.8 Å². The summed E-state index contributed by atoms with van der Waals surface area (Å²) in [6.45, 7) is 1.75. The van der Waals surface area contributed by atoms with E-state index in [0.717, 1.165) is 4.70 Å². The topological polar surface area (TPSA) is 89.2 Å². The summed E-state index contributed by atoms with van der Waals surface area (Å²) >= 11 is 7.41. The molecule has 0 bridgehead atoms. The van der Waals surface area contributed by atoms with Crippen LogP contribution < -0.4 is 4.90 Å². The molecule has 9 heteroatoms. The summed E-state index contributed by atoms with van der Waals surface area (Å²) in [4.78, 5) is 34.7. The number of aromatic nitrogens is 2. The Labute approximate surface area is 180 Å². The van der Waals surface area contributed by atoms with E-state index in [2.05, 4.69) is 9.97 Å². The summed E-state index contributed by atoms with van der Waals surface area (Å²) in [5, 5.41) is 12.4. The van der Waals surface area contributed by atoms with E-state index in [0.29, 0.717) is 26.9 Å². The summed E-state index contributed by atoms with van der Waals surface area (Å²) < 4.78 is 0.840. The molecule has 4 rings (SSSR count). The minimum Gasteiger partial charge on any atom is -0.278 e. The molecule has 30 heavy (non-hydrogen) atoms. The van der Waals surface area contributed by atoms with E-state index >= 15 is 0 Å². The summed E-state index contributed by atoms with van der Waals surface area (Å²) in [5.74, 6) is -0.382. The van der Waals surface area contributed by atoms with E-state index < -0.39 is 4.92 Å². The number of thiazole rings is 1. The molecule has 7 nitrogen and oxygen atoms in total. The highest BCUT2D eigenvalue weighted by atomic mass is 35.5. The van der Waals surface area contributed by atoms with Gasteiger partial charge in [0.1, 0.15) is 0 Å². The zero-order valence-corrected chi connectivity index (χ0v) is 17.4. The van der Waals surface area contributed by atoms with Gasteiger partial charge in [-0.15, -0.1) is 0 Å². The molecule has 0 N–H and O–H groups in total. The van der Waals surface area contributed by atoms with Crippen LogP contribution in [0.2, 0.25) is 5.02 Å². The molecule has 0 spiro atoms. The number of nitro benzene ring substituents is 1. The Morgan fingerprint density at radius 1 is 1.20 bits per heavy atom. The Kier molecular flexibility index (Phi) is 5.43. The van der Waals surface area contributed by atoms with Crippen molar-refractivity contribution < 1.29 is 9.72 Å². The van der Waals surface area contributed by atoms with Crippen LogP contribution in [-0.2, 0) is 6.54 Å². The first-order valence-electron chi connectivity index (χ1n) is 8.96. The van der Waals surface area contributed by atoms with Gasteiger partial charge in [-0.05, 0) is 43.3 Å². The largest absolute Gasteiger partial charge is 0.278 e. The van der Waals surface area contributed by atoms with Crippen molar-refractivity contribution in [1.29, 1.82) is 0 Å². The summed E-state index contributed by atoms with van der Waals surface area (Å²) in [6.07, 6.45) is 1.65. The smallest absolute Gasteiger partial charge is 0.273 e. The number of pyridine rings is 1. The summed E-state index contributed by atoms with van der Waals surface area (Å²) in [5.41, 5.74) is 1.84. The van der Waals surface area contributed by atoms with Crippen LogP contribution in [0.5, 0.6) is 0 Å². The lowest BCUT2D eigenvalue weighted by Gasteiger charge is -2.20. The number of carbonyl (C=O) groups excluding carboxylic acids is 1. The molecule has 0 saturated carbocycles. The van der Waals surface area contributed by atoms with E-state index in [1.54, 1.807) is 43.5 Å². The van der Waals surface area contributed by atoms with Crippen molar-refractivity contribution in [3.05, 3.63) is 92.8 Å². The van der Waals surface area contributed by atoms with Crippen LogP contribution >= 0.6 is 22.9 Å². The van der Waals surface area contributed by atoms with Gasteiger partial charge in [-0.1, -0.05) is 35.1 Å². The number of rotatable bonds is 5. The van der Waals surface area contributed by atoms with E-state index in [-0.39, 0.29) is 23.7 Å². The average molecular weight is 439 g/mol. The number of amides is 1. The first-order valence-corrected chi connectivity index (χ1v) is 10.2. The lowest BCUT2D eigenvalue weighted by atomic mass is 10.1. The maximum absolute atomic E-state index is 13.5. The average Bonchev–Trinajstić information content (AvgIpc) is 3.15. The number of nitro groups is 1. The molecular formula is C21H15ClN4O3S. The fourth-order valence-corrected chi connectivity index (χ4v) is 4.32. The van der Waals surface area contributed by atoms with Crippen molar-refractivity contribution in [1.82, 2.24) is 9.97 Å². The standard InChI is InChI=1S/C21H15ClN4O3S/c1-13-16(6-4-7-18(13)26(28)29)20(27)25(12-15-5-2-3-10-23-15)21-24-17-9-8-14(22)11-19(17)30-21/h2-11H,12H2,1H3. The molecule has 0 radical (unpaired) electrons. The van der Waals surface area contributed by atoms with Crippen LogP contribution in [0.1, 0.15) is 21.6 Å². The van der Waals surface area contributed by atoms with E-state index in [9.17, 15) is 14.9 Å². The van der Waals surface area contributed by atoms with Crippen molar-refractivity contribution in [2.45, 2.75) is 13.5 Å². The number of benzene rings is 2. The zero-order chi connectivity index (χ0) is 21.3. The molecule has 0 aliphatic rings. The van der Waals surface area contributed by atoms with Gasteiger partial charge in [0, 0.05) is 28.4 Å². The lowest BCUT2D eigenvalue weighted by molar-refractivity contribution is -0.385. The zero-order valence-electron chi connectivity index (χ0n) is 15.8. The highest BCUT2D eigenvalue weighted by Crippen LogP contribution is 2.33. The first-order chi connectivity index (χ1) is 14.4. The third-order valence-corrected chi connectivity index (χ3v) is 5.87. The molecule has 2 aromatic heterocycles. The lowest BCUT2D eigenvalue weighted by Crippen LogP contribution is -2.31. The fourth-order valence-electron chi connectivity index (χ4n) is 3.08. The minimum absolute atomic E-state index is 0.102. The summed E-state index contributed by atoms with van der Waals surface area (Å²) in [7, 11) is 0. The second-order valence-electron chi connectivity index (χ2n) is 6.53. The maximum atomic E-state index is 13.5. The van der Waals surface area contributed by atoms with Crippen LogP contribution in [0.15, 0.2) is 60.8 Å². The molecule has 0 saturated heterocycles. The van der Waals surface area contributed by atoms with Crippen LogP contribution in [0.3, 0.4) is 0 Å². The fraction of sp³-hybridized carbons (Fsp3) is 0.0952. The van der Waals surface area contributed by atoms with Gasteiger partial charge in [-0.25, -0.2) is 4.98 Å². The molecule has 0 aliphatic carbocycles. The number of carbonyl (C=O) groups is 1. The number of anilines is 1. The van der Waals surface area contributed by atoms with Crippen molar-refractivity contribution in [3.8, 4) is 0 Å². The maximum Gasteiger partial charge on any atom is 0.273 e. The molecular weight excluding hydrogens is 424 g/mol. The molecule has 2 aromatic carbocycles. The molecule has 0 unspecified atom stereocenters. The second kappa shape index (κ2) is 8.17. The predicted molar refractivity (Wildman–Crippen MR) is 117 cm³/mol. The van der Waals surface area contributed by atoms with E-state index in [1.165, 1.54) is 28.4 Å². The molecule has 4 aromatic rings. The predicted octanol–water partition coefficient (Wildman–Crippen LogP) is 5.41. The Balaban J connectivity index is 1.81. The van der Waals surface area contributed by atoms with Gasteiger partial charge < -0.3 is 0 Å². The van der Waals surface area contributed by atoms with Gasteiger partial charge >= 0.3 is 0 Å². The van der Waals surface area contributed by atoms with Crippen molar-refractivity contribution >= 4 is 49.9 Å². The second-order valence-corrected chi connectivity index (χ2v) is 7.97. The van der Waals surface area contributed by atoms with Gasteiger partial charge in [-0.3, -0.25) is 24.8 Å². The van der Waals surface area contributed by atoms with Gasteiger partial charge in [-0.2, -0.15) is 0 Å². The van der Waals surface area contributed by atoms with E-state index in [1.807, 2.05) is 12.1 Å². The van der Waals surface area contributed by atoms with Crippen molar-refractivity contribution in [3.63, 3.8) is 0 Å². The Bertz CT molecular complexity index is 1260. The number of hydrogen-bond acceptors (Lipinski definition) is 6. The van der Waals surface area contributed by atoms with Gasteiger partial charge in [0.05, 0.1) is 27.4 Å². The molecule has 0 atom stereocenters. The highest BCUT2D eigenvalue weighted by molar-refractivity contribution is 7.22. The Hall–Kier alpha value is -3.36. The third kappa shape index (κ3) is 3.87. The van der Waals surface area contributed by atoms with Gasteiger partial charge in [0.2, 0.25) is 0 Å². The molecule has 150 valence electrons. The molecule has 1 amide bonds. The quantitative estimate of drug-likeness (QED) is 0.307. The molecule has 0 fully saturated rings.